The number of rotatable bonds is 11. The third kappa shape index (κ3) is 7.72. The van der Waals surface area contributed by atoms with Crippen molar-refractivity contribution in [2.45, 2.75) is 19.6 Å². The summed E-state index contributed by atoms with van der Waals surface area (Å²) in [7, 11) is 1.69. The van der Waals surface area contributed by atoms with Gasteiger partial charge in [0.25, 0.3) is 5.91 Å². The number of nitrogens with zero attached hydrogens (tertiary/aromatic N) is 3. The van der Waals surface area contributed by atoms with Crippen LogP contribution >= 0.6 is 0 Å². The summed E-state index contributed by atoms with van der Waals surface area (Å²) in [5.41, 5.74) is 3.59. The van der Waals surface area contributed by atoms with Crippen LogP contribution in [0.25, 0.3) is 6.08 Å². The SMILES string of the molecule is COc1cccc(CN(Cc2ccccc2)Cc2ccc(C(=O)N3CCN(C/C=C/c4ccccc4)CC3)o2)c1. The number of carbonyl (C=O) groups is 1. The van der Waals surface area contributed by atoms with Crippen LogP contribution in [-0.4, -0.2) is 60.4 Å². The summed E-state index contributed by atoms with van der Waals surface area (Å²) in [6.07, 6.45) is 4.34. The van der Waals surface area contributed by atoms with Crippen LogP contribution < -0.4 is 4.74 Å². The Hall–Kier alpha value is -4.13. The maximum atomic E-state index is 13.2. The zero-order valence-corrected chi connectivity index (χ0v) is 23.1. The third-order valence-electron chi connectivity index (χ3n) is 7.17. The molecule has 0 spiro atoms. The van der Waals surface area contributed by atoms with Gasteiger partial charge in [-0.2, -0.15) is 0 Å². The van der Waals surface area contributed by atoms with Gasteiger partial charge in [-0.1, -0.05) is 84.9 Å². The molecule has 0 radical (unpaired) electrons. The van der Waals surface area contributed by atoms with Gasteiger partial charge in [0.1, 0.15) is 11.5 Å². The number of amides is 1. The molecule has 40 heavy (non-hydrogen) atoms. The lowest BCUT2D eigenvalue weighted by molar-refractivity contribution is 0.0615. The van der Waals surface area contributed by atoms with E-state index in [0.717, 1.165) is 49.8 Å². The second-order valence-corrected chi connectivity index (χ2v) is 10.2. The van der Waals surface area contributed by atoms with Crippen LogP contribution in [0.15, 0.2) is 108 Å². The maximum absolute atomic E-state index is 13.2. The third-order valence-corrected chi connectivity index (χ3v) is 7.17. The Morgan fingerprint density at radius 2 is 1.52 bits per heavy atom. The van der Waals surface area contributed by atoms with E-state index in [0.29, 0.717) is 25.4 Å². The topological polar surface area (TPSA) is 49.2 Å². The molecule has 0 aliphatic carbocycles. The van der Waals surface area contributed by atoms with Crippen molar-refractivity contribution in [1.29, 1.82) is 0 Å². The summed E-state index contributed by atoms with van der Waals surface area (Å²) in [6, 6.07) is 32.6. The molecule has 1 aliphatic rings. The van der Waals surface area contributed by atoms with Crippen LogP contribution in [0.4, 0.5) is 0 Å². The molecule has 0 unspecified atom stereocenters. The first-order chi connectivity index (χ1) is 19.7. The molecule has 6 heteroatoms. The van der Waals surface area contributed by atoms with E-state index in [4.69, 9.17) is 9.15 Å². The molecule has 1 saturated heterocycles. The summed E-state index contributed by atoms with van der Waals surface area (Å²) in [5.74, 6) is 2.00. The Bertz CT molecular complexity index is 1380. The Balaban J connectivity index is 1.17. The molecule has 206 valence electrons. The molecule has 1 aromatic heterocycles. The molecule has 0 atom stereocenters. The summed E-state index contributed by atoms with van der Waals surface area (Å²) in [4.78, 5) is 19.8. The second-order valence-electron chi connectivity index (χ2n) is 10.2. The first-order valence-electron chi connectivity index (χ1n) is 13.9. The largest absolute Gasteiger partial charge is 0.497 e. The fraction of sp³-hybridized carbons (Fsp3) is 0.265. The van der Waals surface area contributed by atoms with E-state index in [9.17, 15) is 4.79 Å². The van der Waals surface area contributed by atoms with E-state index >= 15 is 0 Å². The van der Waals surface area contributed by atoms with Gasteiger partial charge < -0.3 is 14.1 Å². The number of hydrogen-bond donors (Lipinski definition) is 0. The first-order valence-corrected chi connectivity index (χ1v) is 13.9. The minimum absolute atomic E-state index is 0.0341. The summed E-state index contributed by atoms with van der Waals surface area (Å²) < 4.78 is 11.5. The number of methoxy groups -OCH3 is 1. The molecule has 1 fully saturated rings. The fourth-order valence-electron chi connectivity index (χ4n) is 5.03. The number of hydrogen-bond acceptors (Lipinski definition) is 5. The first kappa shape index (κ1) is 27.4. The number of ether oxygens (including phenoxy) is 1. The van der Waals surface area contributed by atoms with E-state index < -0.39 is 0 Å². The van der Waals surface area contributed by atoms with Crippen LogP contribution in [0.2, 0.25) is 0 Å². The monoisotopic (exact) mass is 535 g/mol. The lowest BCUT2D eigenvalue weighted by Crippen LogP contribution is -2.48. The van der Waals surface area contributed by atoms with Crippen molar-refractivity contribution >= 4 is 12.0 Å². The standard InChI is InChI=1S/C34H37N3O3/c1-39-31-16-8-14-30(24-31)26-36(25-29-12-6-3-7-13-29)27-32-17-18-33(40-32)34(38)37-22-20-35(21-23-37)19-9-15-28-10-4-2-5-11-28/h2-18,24H,19-23,25-27H2,1H3/b15-9+. The second kappa shape index (κ2) is 13.8. The zero-order chi connectivity index (χ0) is 27.6. The number of carbonyl (C=O) groups excluding carboxylic acids is 1. The van der Waals surface area contributed by atoms with E-state index in [2.05, 4.69) is 70.5 Å². The average molecular weight is 536 g/mol. The van der Waals surface area contributed by atoms with Crippen molar-refractivity contribution in [3.8, 4) is 5.75 Å². The Kier molecular flexibility index (Phi) is 9.46. The molecule has 1 aliphatic heterocycles. The fourth-order valence-corrected chi connectivity index (χ4v) is 5.03. The predicted octanol–water partition coefficient (Wildman–Crippen LogP) is 5.96. The lowest BCUT2D eigenvalue weighted by Gasteiger charge is -2.33. The normalized spacial score (nSPS) is 14.2. The van der Waals surface area contributed by atoms with Gasteiger partial charge in [-0.15, -0.1) is 0 Å². The molecule has 0 N–H and O–H groups in total. The molecule has 6 nitrogen and oxygen atoms in total. The zero-order valence-electron chi connectivity index (χ0n) is 23.1. The molecule has 0 saturated carbocycles. The maximum Gasteiger partial charge on any atom is 0.289 e. The van der Waals surface area contributed by atoms with Crippen LogP contribution in [0, 0.1) is 0 Å². The minimum atomic E-state index is -0.0341. The minimum Gasteiger partial charge on any atom is -0.497 e. The van der Waals surface area contributed by atoms with E-state index in [-0.39, 0.29) is 5.91 Å². The summed E-state index contributed by atoms with van der Waals surface area (Å²) >= 11 is 0. The average Bonchev–Trinajstić information content (AvgIpc) is 3.47. The molecule has 4 aromatic rings. The Morgan fingerprint density at radius 1 is 0.825 bits per heavy atom. The quantitative estimate of drug-likeness (QED) is 0.237. The molecule has 5 rings (SSSR count). The number of benzene rings is 3. The van der Waals surface area contributed by atoms with Crippen molar-refractivity contribution in [2.24, 2.45) is 0 Å². The van der Waals surface area contributed by atoms with Crippen molar-refractivity contribution in [3.63, 3.8) is 0 Å². The van der Waals surface area contributed by atoms with Crippen molar-refractivity contribution in [1.82, 2.24) is 14.7 Å². The van der Waals surface area contributed by atoms with Crippen molar-refractivity contribution < 1.29 is 13.9 Å². The highest BCUT2D eigenvalue weighted by molar-refractivity contribution is 5.91. The van der Waals surface area contributed by atoms with E-state index in [1.807, 2.05) is 53.4 Å². The lowest BCUT2D eigenvalue weighted by atomic mass is 10.1. The van der Waals surface area contributed by atoms with Crippen molar-refractivity contribution in [2.75, 3.05) is 39.8 Å². The van der Waals surface area contributed by atoms with Gasteiger partial charge in [-0.25, -0.2) is 0 Å². The smallest absolute Gasteiger partial charge is 0.289 e. The molecular weight excluding hydrogens is 498 g/mol. The van der Waals surface area contributed by atoms with Gasteiger partial charge >= 0.3 is 0 Å². The number of piperazine rings is 1. The van der Waals surface area contributed by atoms with Gasteiger partial charge in [0.15, 0.2) is 5.76 Å². The molecule has 2 heterocycles. The molecule has 0 bridgehead atoms. The molecule has 3 aromatic carbocycles. The van der Waals surface area contributed by atoms with Gasteiger partial charge in [-0.05, 0) is 41.0 Å². The van der Waals surface area contributed by atoms with Crippen LogP contribution in [0.5, 0.6) is 5.75 Å². The highest BCUT2D eigenvalue weighted by Gasteiger charge is 2.24. The van der Waals surface area contributed by atoms with Crippen LogP contribution in [0.3, 0.4) is 0 Å². The highest BCUT2D eigenvalue weighted by atomic mass is 16.5. The van der Waals surface area contributed by atoms with Gasteiger partial charge in [0, 0.05) is 45.8 Å². The number of furan rings is 1. The summed E-state index contributed by atoms with van der Waals surface area (Å²) in [5, 5.41) is 0. The van der Waals surface area contributed by atoms with Crippen molar-refractivity contribution in [3.05, 3.63) is 131 Å². The predicted molar refractivity (Wildman–Crippen MR) is 159 cm³/mol. The van der Waals surface area contributed by atoms with Gasteiger partial charge in [0.05, 0.1) is 13.7 Å². The summed E-state index contributed by atoms with van der Waals surface area (Å²) in [6.45, 7) is 6.08. The Morgan fingerprint density at radius 3 is 2.27 bits per heavy atom. The highest BCUT2D eigenvalue weighted by Crippen LogP contribution is 2.20. The van der Waals surface area contributed by atoms with E-state index in [1.165, 1.54) is 11.1 Å². The van der Waals surface area contributed by atoms with E-state index in [1.54, 1.807) is 7.11 Å². The van der Waals surface area contributed by atoms with Crippen LogP contribution in [0.1, 0.15) is 33.0 Å². The molecule has 1 amide bonds. The van der Waals surface area contributed by atoms with Gasteiger partial charge in [0.2, 0.25) is 0 Å². The molecular formula is C34H37N3O3. The Labute approximate surface area is 237 Å². The van der Waals surface area contributed by atoms with Crippen LogP contribution in [-0.2, 0) is 19.6 Å². The van der Waals surface area contributed by atoms with Gasteiger partial charge in [-0.3, -0.25) is 14.6 Å².